The molecule has 2 aromatic heterocycles. The molecule has 19 heavy (non-hydrogen) atoms. The first-order valence-corrected chi connectivity index (χ1v) is 7.84. The fraction of sp³-hybridized carbons (Fsp3) is 0.294. The summed E-state index contributed by atoms with van der Waals surface area (Å²) in [5.74, 6) is 0. The second kappa shape index (κ2) is 14.9. The highest BCUT2D eigenvalue weighted by atomic mass is 32.1. The van der Waals surface area contributed by atoms with Gasteiger partial charge in [0.15, 0.2) is 0 Å². The predicted molar refractivity (Wildman–Crippen MR) is 94.5 cm³/mol. The fourth-order valence-electron chi connectivity index (χ4n) is 0.908. The van der Waals surface area contributed by atoms with Crippen LogP contribution < -0.4 is 0 Å². The molecule has 2 rings (SSSR count). The molecule has 0 saturated heterocycles. The Morgan fingerprint density at radius 2 is 1.63 bits per heavy atom. The van der Waals surface area contributed by atoms with E-state index in [1.54, 1.807) is 22.7 Å². The van der Waals surface area contributed by atoms with E-state index < -0.39 is 0 Å². The van der Waals surface area contributed by atoms with E-state index in [4.69, 9.17) is 0 Å². The lowest BCUT2D eigenvalue weighted by Gasteiger charge is -1.81. The third kappa shape index (κ3) is 13.1. The minimum Gasteiger partial charge on any atom is -0.152 e. The molecular weight excluding hydrogens is 268 g/mol. The van der Waals surface area contributed by atoms with Crippen LogP contribution in [0.5, 0.6) is 0 Å². The van der Waals surface area contributed by atoms with Gasteiger partial charge in [-0.15, -0.1) is 13.2 Å². The molecular formula is C17H26S2. The highest BCUT2D eigenvalue weighted by Crippen LogP contribution is 2.05. The van der Waals surface area contributed by atoms with Gasteiger partial charge in [-0.3, -0.25) is 0 Å². The molecule has 2 heterocycles. The molecule has 0 nitrogen and oxygen atoms in total. The number of thiophene rings is 2. The molecule has 0 aromatic carbocycles. The highest BCUT2D eigenvalue weighted by Gasteiger charge is 1.84. The van der Waals surface area contributed by atoms with Crippen LogP contribution in [0.4, 0.5) is 0 Å². The van der Waals surface area contributed by atoms with Gasteiger partial charge < -0.3 is 0 Å². The van der Waals surface area contributed by atoms with Crippen LogP contribution in [-0.4, -0.2) is 0 Å². The maximum absolute atomic E-state index is 3.64. The summed E-state index contributed by atoms with van der Waals surface area (Å²) in [6.07, 6.45) is 5.88. The number of hydrogen-bond donors (Lipinski definition) is 0. The van der Waals surface area contributed by atoms with Gasteiger partial charge in [0.05, 0.1) is 0 Å². The smallest absolute Gasteiger partial charge is 0.00581 e. The van der Waals surface area contributed by atoms with Gasteiger partial charge in [-0.05, 0) is 64.5 Å². The number of aryl methyl sites for hydroxylation is 1. The first-order valence-electron chi connectivity index (χ1n) is 5.96. The van der Waals surface area contributed by atoms with E-state index in [-0.39, 0.29) is 7.43 Å². The van der Waals surface area contributed by atoms with Crippen LogP contribution in [0.3, 0.4) is 0 Å². The lowest BCUT2D eigenvalue weighted by Crippen LogP contribution is -1.69. The molecule has 106 valence electrons. The average molecular weight is 295 g/mol. The Bertz CT molecular complexity index is 383. The van der Waals surface area contributed by atoms with Crippen molar-refractivity contribution in [3.8, 4) is 0 Å². The summed E-state index contributed by atoms with van der Waals surface area (Å²) in [6, 6.07) is 4.22. The Hall–Kier alpha value is -1.12. The molecule has 0 spiro atoms. The second-order valence-corrected chi connectivity index (χ2v) is 5.18. The molecule has 0 radical (unpaired) electrons. The molecule has 0 unspecified atom stereocenters. The van der Waals surface area contributed by atoms with Crippen LogP contribution in [0.25, 0.3) is 0 Å². The van der Waals surface area contributed by atoms with Crippen LogP contribution in [-0.2, 0) is 6.42 Å². The van der Waals surface area contributed by atoms with E-state index in [0.717, 1.165) is 12.8 Å². The topological polar surface area (TPSA) is 0 Å². The van der Waals surface area contributed by atoms with E-state index in [0.29, 0.717) is 0 Å². The summed E-state index contributed by atoms with van der Waals surface area (Å²) >= 11 is 3.47. The molecule has 0 bridgehead atoms. The van der Waals surface area contributed by atoms with E-state index in [9.17, 15) is 0 Å². The van der Waals surface area contributed by atoms with Crippen molar-refractivity contribution in [2.75, 3.05) is 0 Å². The number of hydrogen-bond acceptors (Lipinski definition) is 2. The van der Waals surface area contributed by atoms with Gasteiger partial charge in [0.2, 0.25) is 0 Å². The van der Waals surface area contributed by atoms with Crippen molar-refractivity contribution in [1.82, 2.24) is 0 Å². The quantitative estimate of drug-likeness (QED) is 0.549. The normalized spacial score (nSPS) is 7.89. The van der Waals surface area contributed by atoms with Crippen molar-refractivity contribution in [3.63, 3.8) is 0 Å². The van der Waals surface area contributed by atoms with Gasteiger partial charge in [0, 0.05) is 0 Å². The van der Waals surface area contributed by atoms with Gasteiger partial charge in [0.25, 0.3) is 0 Å². The molecule has 0 saturated carbocycles. The molecule has 0 aliphatic rings. The summed E-state index contributed by atoms with van der Waals surface area (Å²) in [6.45, 7) is 11.3. The summed E-state index contributed by atoms with van der Waals surface area (Å²) in [4.78, 5) is 0. The van der Waals surface area contributed by atoms with Crippen molar-refractivity contribution in [3.05, 3.63) is 70.1 Å². The number of rotatable bonds is 3. The van der Waals surface area contributed by atoms with Crippen molar-refractivity contribution in [1.29, 1.82) is 0 Å². The zero-order chi connectivity index (χ0) is 13.6. The van der Waals surface area contributed by atoms with Crippen LogP contribution in [0.1, 0.15) is 31.9 Å². The van der Waals surface area contributed by atoms with E-state index >= 15 is 0 Å². The molecule has 0 aliphatic carbocycles. The predicted octanol–water partition coefficient (Wildman–Crippen LogP) is 6.75. The Balaban J connectivity index is 0. The van der Waals surface area contributed by atoms with Crippen LogP contribution >= 0.6 is 22.7 Å². The summed E-state index contributed by atoms with van der Waals surface area (Å²) in [7, 11) is 0. The SMILES string of the molecule is C.C=CCC.C=CCc1ccsc1.Cc1ccsc1. The maximum Gasteiger partial charge on any atom is -0.00581 e. The van der Waals surface area contributed by atoms with E-state index in [1.807, 2.05) is 12.2 Å². The average Bonchev–Trinajstić information content (AvgIpc) is 3.04. The van der Waals surface area contributed by atoms with E-state index in [2.05, 4.69) is 60.7 Å². The zero-order valence-electron chi connectivity index (χ0n) is 11.3. The molecule has 0 fully saturated rings. The van der Waals surface area contributed by atoms with Crippen molar-refractivity contribution in [2.24, 2.45) is 0 Å². The Morgan fingerprint density at radius 1 is 1.05 bits per heavy atom. The van der Waals surface area contributed by atoms with Gasteiger partial charge in [-0.2, -0.15) is 22.7 Å². The fourth-order valence-corrected chi connectivity index (χ4v) is 2.25. The summed E-state index contributed by atoms with van der Waals surface area (Å²) in [5, 5.41) is 8.43. The Kier molecular flexibility index (Phi) is 15.9. The minimum absolute atomic E-state index is 0. The van der Waals surface area contributed by atoms with Crippen molar-refractivity contribution in [2.45, 2.75) is 34.1 Å². The maximum atomic E-state index is 3.64. The largest absolute Gasteiger partial charge is 0.152 e. The van der Waals surface area contributed by atoms with Gasteiger partial charge >= 0.3 is 0 Å². The molecule has 2 aromatic rings. The van der Waals surface area contributed by atoms with Crippen LogP contribution in [0.2, 0.25) is 0 Å². The third-order valence-electron chi connectivity index (χ3n) is 1.91. The molecule has 0 atom stereocenters. The first-order chi connectivity index (χ1) is 8.74. The van der Waals surface area contributed by atoms with Gasteiger partial charge in [-0.1, -0.05) is 26.5 Å². The molecule has 2 heteroatoms. The third-order valence-corrected chi connectivity index (χ3v) is 3.45. The lowest BCUT2D eigenvalue weighted by molar-refractivity contribution is 1.23. The molecule has 0 N–H and O–H groups in total. The van der Waals surface area contributed by atoms with Crippen LogP contribution in [0, 0.1) is 6.92 Å². The highest BCUT2D eigenvalue weighted by molar-refractivity contribution is 7.08. The van der Waals surface area contributed by atoms with Crippen molar-refractivity contribution >= 4 is 22.7 Å². The summed E-state index contributed by atoms with van der Waals surface area (Å²) < 4.78 is 0. The lowest BCUT2D eigenvalue weighted by atomic mass is 10.2. The zero-order valence-corrected chi connectivity index (χ0v) is 12.9. The molecule has 0 aliphatic heterocycles. The van der Waals surface area contributed by atoms with E-state index in [1.165, 1.54) is 11.1 Å². The number of allylic oxidation sites excluding steroid dienone is 2. The minimum atomic E-state index is 0. The Labute approximate surface area is 127 Å². The second-order valence-electron chi connectivity index (χ2n) is 3.62. The standard InChI is InChI=1S/C7H8S.C5H6S.C4H8.CH4/c1-2-3-7-4-5-8-6-7;1-5-2-3-6-4-5;1-3-4-2;/h2,4-6H,1,3H2;2-4H,1H3;3H,1,4H2,2H3;1H4. The van der Waals surface area contributed by atoms with Crippen LogP contribution in [0.15, 0.2) is 59.0 Å². The monoisotopic (exact) mass is 294 g/mol. The van der Waals surface area contributed by atoms with Gasteiger partial charge in [0.1, 0.15) is 0 Å². The summed E-state index contributed by atoms with van der Waals surface area (Å²) in [5.41, 5.74) is 2.73. The van der Waals surface area contributed by atoms with Crippen molar-refractivity contribution < 1.29 is 0 Å². The Morgan fingerprint density at radius 3 is 1.89 bits per heavy atom. The first kappa shape index (κ1) is 20.2. The molecule has 0 amide bonds. The van der Waals surface area contributed by atoms with Gasteiger partial charge in [-0.25, -0.2) is 0 Å².